The molecule has 0 saturated heterocycles. The zero-order valence-corrected chi connectivity index (χ0v) is 14.8. The quantitative estimate of drug-likeness (QED) is 0.752. The molecular weight excluding hydrogens is 300 g/mol. The third-order valence-corrected chi connectivity index (χ3v) is 4.31. The predicted molar refractivity (Wildman–Crippen MR) is 90.4 cm³/mol. The van der Waals surface area contributed by atoms with Gasteiger partial charge in [0.25, 0.3) is 5.91 Å². The fourth-order valence-electron chi connectivity index (χ4n) is 1.79. The Labute approximate surface area is 136 Å². The van der Waals surface area contributed by atoms with Crippen LogP contribution < -0.4 is 10.6 Å². The maximum atomic E-state index is 12.1. The fourth-order valence-corrected chi connectivity index (χ4v) is 2.78. The van der Waals surface area contributed by atoms with Crippen LogP contribution in [0.3, 0.4) is 0 Å². The van der Waals surface area contributed by atoms with Crippen molar-refractivity contribution in [3.8, 4) is 0 Å². The number of amides is 2. The molecule has 1 unspecified atom stereocenters. The van der Waals surface area contributed by atoms with Crippen LogP contribution in [0, 0.1) is 12.3 Å². The number of rotatable bonds is 6. The molecule has 0 saturated carbocycles. The number of carbonyl (C=O) groups is 2. The molecule has 0 aliphatic carbocycles. The standard InChI is InChI=1S/C16H26N2O3S/c1-6-7-11(19)9-17-14(20)13-10(2)8-12(22-13)18-15(21)16(3,4)5/h8,11,19H,6-7,9H2,1-5H3,(H,17,20)(H,18,21). The normalized spacial score (nSPS) is 12.8. The summed E-state index contributed by atoms with van der Waals surface area (Å²) in [6.07, 6.45) is 1.02. The number of aliphatic hydroxyl groups is 1. The van der Waals surface area contributed by atoms with Crippen molar-refractivity contribution in [2.75, 3.05) is 11.9 Å². The van der Waals surface area contributed by atoms with Crippen molar-refractivity contribution < 1.29 is 14.7 Å². The summed E-state index contributed by atoms with van der Waals surface area (Å²) in [5.41, 5.74) is 0.335. The van der Waals surface area contributed by atoms with E-state index < -0.39 is 11.5 Å². The summed E-state index contributed by atoms with van der Waals surface area (Å²) >= 11 is 1.25. The maximum Gasteiger partial charge on any atom is 0.261 e. The summed E-state index contributed by atoms with van der Waals surface area (Å²) < 4.78 is 0. The van der Waals surface area contributed by atoms with Crippen molar-refractivity contribution in [2.45, 2.75) is 53.6 Å². The van der Waals surface area contributed by atoms with Gasteiger partial charge in [0.05, 0.1) is 16.0 Å². The van der Waals surface area contributed by atoms with Gasteiger partial charge in [0.2, 0.25) is 5.91 Å². The van der Waals surface area contributed by atoms with Gasteiger partial charge < -0.3 is 15.7 Å². The van der Waals surface area contributed by atoms with E-state index in [2.05, 4.69) is 10.6 Å². The largest absolute Gasteiger partial charge is 0.391 e. The minimum absolute atomic E-state index is 0.0842. The second kappa shape index (κ2) is 7.74. The van der Waals surface area contributed by atoms with E-state index in [4.69, 9.17) is 0 Å². The first-order valence-corrected chi connectivity index (χ1v) is 8.35. The van der Waals surface area contributed by atoms with Gasteiger partial charge in [0.15, 0.2) is 0 Å². The Morgan fingerprint density at radius 3 is 2.55 bits per heavy atom. The third kappa shape index (κ3) is 5.42. The van der Waals surface area contributed by atoms with Crippen molar-refractivity contribution in [3.63, 3.8) is 0 Å². The van der Waals surface area contributed by atoms with E-state index in [-0.39, 0.29) is 18.4 Å². The Bertz CT molecular complexity index is 532. The molecule has 1 atom stereocenters. The molecule has 5 nitrogen and oxygen atoms in total. The zero-order valence-electron chi connectivity index (χ0n) is 13.9. The van der Waals surface area contributed by atoms with E-state index in [0.717, 1.165) is 12.0 Å². The van der Waals surface area contributed by atoms with Crippen LogP contribution in [0.1, 0.15) is 55.8 Å². The van der Waals surface area contributed by atoms with E-state index in [1.54, 1.807) is 6.07 Å². The highest BCUT2D eigenvalue weighted by molar-refractivity contribution is 7.18. The molecule has 1 aromatic heterocycles. The molecule has 0 aliphatic heterocycles. The van der Waals surface area contributed by atoms with Gasteiger partial charge in [-0.2, -0.15) is 0 Å². The van der Waals surface area contributed by atoms with Gasteiger partial charge in [-0.05, 0) is 25.0 Å². The SMILES string of the molecule is CCCC(O)CNC(=O)c1sc(NC(=O)C(C)(C)C)cc1C. The van der Waals surface area contributed by atoms with E-state index in [9.17, 15) is 14.7 Å². The Hall–Kier alpha value is -1.40. The second-order valence-corrected chi connectivity index (χ2v) is 7.53. The lowest BCUT2D eigenvalue weighted by molar-refractivity contribution is -0.123. The van der Waals surface area contributed by atoms with Crippen LogP contribution in [0.15, 0.2) is 6.07 Å². The molecule has 0 fully saturated rings. The van der Waals surface area contributed by atoms with Crippen molar-refractivity contribution >= 4 is 28.2 Å². The average Bonchev–Trinajstić information content (AvgIpc) is 2.76. The topological polar surface area (TPSA) is 78.4 Å². The van der Waals surface area contributed by atoms with Crippen molar-refractivity contribution in [2.24, 2.45) is 5.41 Å². The lowest BCUT2D eigenvalue weighted by atomic mass is 9.96. The Morgan fingerprint density at radius 1 is 1.36 bits per heavy atom. The highest BCUT2D eigenvalue weighted by atomic mass is 32.1. The van der Waals surface area contributed by atoms with Gasteiger partial charge in [0.1, 0.15) is 0 Å². The number of hydrogen-bond acceptors (Lipinski definition) is 4. The molecule has 1 heterocycles. The first kappa shape index (κ1) is 18.6. The summed E-state index contributed by atoms with van der Waals surface area (Å²) in [7, 11) is 0. The van der Waals surface area contributed by atoms with E-state index >= 15 is 0 Å². The molecule has 1 aromatic rings. The summed E-state index contributed by atoms with van der Waals surface area (Å²) in [6.45, 7) is 9.58. The molecule has 0 aromatic carbocycles. The number of hydrogen-bond donors (Lipinski definition) is 3. The van der Waals surface area contributed by atoms with E-state index in [1.165, 1.54) is 11.3 Å². The molecule has 0 bridgehead atoms. The predicted octanol–water partition coefficient (Wildman–Crippen LogP) is 2.93. The lowest BCUT2D eigenvalue weighted by Gasteiger charge is -2.16. The highest BCUT2D eigenvalue weighted by Crippen LogP contribution is 2.28. The molecule has 3 N–H and O–H groups in total. The number of aryl methyl sites for hydroxylation is 1. The lowest BCUT2D eigenvalue weighted by Crippen LogP contribution is -2.31. The number of nitrogens with one attached hydrogen (secondary N) is 2. The smallest absolute Gasteiger partial charge is 0.261 e. The van der Waals surface area contributed by atoms with E-state index in [1.807, 2.05) is 34.6 Å². The van der Waals surface area contributed by atoms with Crippen LogP contribution in [-0.2, 0) is 4.79 Å². The van der Waals surface area contributed by atoms with Crippen molar-refractivity contribution in [1.82, 2.24) is 5.32 Å². The van der Waals surface area contributed by atoms with Crippen molar-refractivity contribution in [3.05, 3.63) is 16.5 Å². The molecular formula is C16H26N2O3S. The Kier molecular flexibility index (Phi) is 6.56. The molecule has 0 radical (unpaired) electrons. The molecule has 22 heavy (non-hydrogen) atoms. The number of thiophene rings is 1. The van der Waals surface area contributed by atoms with Gasteiger partial charge in [-0.1, -0.05) is 34.1 Å². The van der Waals surface area contributed by atoms with E-state index in [0.29, 0.717) is 16.3 Å². The summed E-state index contributed by atoms with van der Waals surface area (Å²) in [6, 6.07) is 1.80. The third-order valence-electron chi connectivity index (χ3n) is 3.16. The van der Waals surface area contributed by atoms with Crippen LogP contribution in [0.2, 0.25) is 0 Å². The van der Waals surface area contributed by atoms with Gasteiger partial charge in [-0.25, -0.2) is 0 Å². The van der Waals surface area contributed by atoms with Gasteiger partial charge >= 0.3 is 0 Å². The first-order valence-electron chi connectivity index (χ1n) is 7.53. The van der Waals surface area contributed by atoms with Crippen LogP contribution in [0.5, 0.6) is 0 Å². The highest BCUT2D eigenvalue weighted by Gasteiger charge is 2.23. The van der Waals surface area contributed by atoms with Crippen molar-refractivity contribution in [1.29, 1.82) is 0 Å². The Morgan fingerprint density at radius 2 is 2.00 bits per heavy atom. The number of aliphatic hydroxyl groups excluding tert-OH is 1. The van der Waals surface area contributed by atoms with Gasteiger partial charge in [-0.3, -0.25) is 9.59 Å². The first-order chi connectivity index (χ1) is 10.1. The van der Waals surface area contributed by atoms with Gasteiger partial charge in [-0.15, -0.1) is 11.3 Å². The zero-order chi connectivity index (χ0) is 16.9. The van der Waals surface area contributed by atoms with Gasteiger partial charge in [0, 0.05) is 12.0 Å². The Balaban J connectivity index is 2.69. The minimum Gasteiger partial charge on any atom is -0.391 e. The number of anilines is 1. The minimum atomic E-state index is -0.519. The average molecular weight is 326 g/mol. The van der Waals surface area contributed by atoms with Crippen LogP contribution in [-0.4, -0.2) is 29.6 Å². The summed E-state index contributed by atoms with van der Waals surface area (Å²) in [5, 5.41) is 15.9. The molecule has 2 amide bonds. The number of carbonyl (C=O) groups excluding carboxylic acids is 2. The monoisotopic (exact) mass is 326 g/mol. The molecule has 6 heteroatoms. The molecule has 0 spiro atoms. The fraction of sp³-hybridized carbons (Fsp3) is 0.625. The second-order valence-electron chi connectivity index (χ2n) is 6.48. The molecule has 124 valence electrons. The maximum absolute atomic E-state index is 12.1. The van der Waals surface area contributed by atoms with Crippen LogP contribution in [0.4, 0.5) is 5.00 Å². The van der Waals surface area contributed by atoms with Crippen LogP contribution in [0.25, 0.3) is 0 Å². The molecule has 1 rings (SSSR count). The summed E-state index contributed by atoms with van der Waals surface area (Å²) in [4.78, 5) is 24.7. The van der Waals surface area contributed by atoms with Crippen LogP contribution >= 0.6 is 11.3 Å². The summed E-state index contributed by atoms with van der Waals surface area (Å²) in [5.74, 6) is -0.298. The molecule has 0 aliphatic rings.